The number of nitrogens with one attached hydrogen (secondary N) is 1. The van der Waals surface area contributed by atoms with Gasteiger partial charge in [-0.2, -0.15) is 0 Å². The molecule has 0 radical (unpaired) electrons. The quantitative estimate of drug-likeness (QED) is 0.908. The zero-order valence-electron chi connectivity index (χ0n) is 10.6. The van der Waals surface area contributed by atoms with Gasteiger partial charge in [-0.15, -0.1) is 0 Å². The van der Waals surface area contributed by atoms with E-state index in [2.05, 4.69) is 10.3 Å². The summed E-state index contributed by atoms with van der Waals surface area (Å²) in [5.74, 6) is 1.64. The minimum Gasteiger partial charge on any atom is -0.486 e. The van der Waals surface area contributed by atoms with Crippen LogP contribution in [0, 0.1) is 0 Å². The van der Waals surface area contributed by atoms with Gasteiger partial charge in [0.15, 0.2) is 11.5 Å². The van der Waals surface area contributed by atoms with Crippen LogP contribution in [0.25, 0.3) is 0 Å². The van der Waals surface area contributed by atoms with Crippen LogP contribution in [0.3, 0.4) is 0 Å². The molecule has 4 nitrogen and oxygen atoms in total. The summed E-state index contributed by atoms with van der Waals surface area (Å²) in [7, 11) is 0. The average Bonchev–Trinajstić information content (AvgIpc) is 2.48. The molecule has 1 aromatic carbocycles. The maximum atomic E-state index is 5.86. The molecule has 2 heterocycles. The molecule has 0 bridgehead atoms. The molecular weight excluding hydrogens is 240 g/mol. The first-order valence-electron chi connectivity index (χ1n) is 6.41. The van der Waals surface area contributed by atoms with Crippen LogP contribution in [0.5, 0.6) is 11.5 Å². The molecule has 19 heavy (non-hydrogen) atoms. The highest BCUT2D eigenvalue weighted by atomic mass is 16.6. The summed E-state index contributed by atoms with van der Waals surface area (Å²) >= 11 is 0. The van der Waals surface area contributed by atoms with Gasteiger partial charge in [0.2, 0.25) is 0 Å². The largest absolute Gasteiger partial charge is 0.486 e. The second-order valence-electron chi connectivity index (χ2n) is 4.45. The predicted octanol–water partition coefficient (Wildman–Crippen LogP) is 2.01. The number of rotatable bonds is 4. The Morgan fingerprint density at radius 2 is 1.95 bits per heavy atom. The number of hydrogen-bond acceptors (Lipinski definition) is 4. The normalized spacial score (nSPS) is 17.2. The third-order valence-electron chi connectivity index (χ3n) is 2.97. The predicted molar refractivity (Wildman–Crippen MR) is 72.3 cm³/mol. The van der Waals surface area contributed by atoms with E-state index in [1.54, 1.807) is 6.20 Å². The Kier molecular flexibility index (Phi) is 3.61. The van der Waals surface area contributed by atoms with Gasteiger partial charge in [0.05, 0.1) is 5.69 Å². The van der Waals surface area contributed by atoms with Crippen molar-refractivity contribution in [2.45, 2.75) is 12.6 Å². The first kappa shape index (κ1) is 12.0. The minimum absolute atomic E-state index is 0.0404. The molecule has 1 atom stereocenters. The molecule has 1 aromatic heterocycles. The van der Waals surface area contributed by atoms with Crippen molar-refractivity contribution in [3.63, 3.8) is 0 Å². The van der Waals surface area contributed by atoms with Gasteiger partial charge in [-0.05, 0) is 24.3 Å². The summed E-state index contributed by atoms with van der Waals surface area (Å²) in [6.45, 7) is 2.06. The fourth-order valence-electron chi connectivity index (χ4n) is 2.03. The van der Waals surface area contributed by atoms with E-state index in [-0.39, 0.29) is 6.10 Å². The van der Waals surface area contributed by atoms with E-state index in [9.17, 15) is 0 Å². The molecule has 1 unspecified atom stereocenters. The minimum atomic E-state index is 0.0404. The van der Waals surface area contributed by atoms with E-state index < -0.39 is 0 Å². The van der Waals surface area contributed by atoms with Gasteiger partial charge in [-0.25, -0.2) is 0 Å². The Morgan fingerprint density at radius 1 is 1.11 bits per heavy atom. The summed E-state index contributed by atoms with van der Waals surface area (Å²) in [6.07, 6.45) is 1.84. The summed E-state index contributed by atoms with van der Waals surface area (Å²) in [4.78, 5) is 4.26. The lowest BCUT2D eigenvalue weighted by Gasteiger charge is -2.26. The van der Waals surface area contributed by atoms with E-state index >= 15 is 0 Å². The number of ether oxygens (including phenoxy) is 2. The highest BCUT2D eigenvalue weighted by molar-refractivity contribution is 5.40. The molecule has 1 aliphatic heterocycles. The van der Waals surface area contributed by atoms with Crippen LogP contribution < -0.4 is 14.8 Å². The van der Waals surface area contributed by atoms with Gasteiger partial charge in [-0.1, -0.05) is 18.2 Å². The second-order valence-corrected chi connectivity index (χ2v) is 4.45. The van der Waals surface area contributed by atoms with Gasteiger partial charge in [0.1, 0.15) is 12.7 Å². The number of hydrogen-bond donors (Lipinski definition) is 1. The van der Waals surface area contributed by atoms with Crippen LogP contribution in [0.2, 0.25) is 0 Å². The molecular formula is C15H16N2O2. The van der Waals surface area contributed by atoms with Crippen molar-refractivity contribution in [3.05, 3.63) is 54.4 Å². The Bertz CT molecular complexity index is 531. The lowest BCUT2D eigenvalue weighted by molar-refractivity contribution is 0.0901. The molecule has 1 N–H and O–H groups in total. The average molecular weight is 256 g/mol. The van der Waals surface area contributed by atoms with Gasteiger partial charge in [-0.3, -0.25) is 4.98 Å². The second kappa shape index (κ2) is 5.71. The summed E-state index contributed by atoms with van der Waals surface area (Å²) in [5.41, 5.74) is 1.03. The van der Waals surface area contributed by atoms with Gasteiger partial charge in [0, 0.05) is 19.3 Å². The van der Waals surface area contributed by atoms with Crippen molar-refractivity contribution < 1.29 is 9.47 Å². The fraction of sp³-hybridized carbons (Fsp3) is 0.267. The van der Waals surface area contributed by atoms with E-state index in [0.29, 0.717) is 6.61 Å². The Balaban J connectivity index is 1.50. The van der Waals surface area contributed by atoms with Crippen molar-refractivity contribution >= 4 is 0 Å². The van der Waals surface area contributed by atoms with Crippen LogP contribution >= 0.6 is 0 Å². The molecule has 1 aliphatic rings. The Morgan fingerprint density at radius 3 is 2.79 bits per heavy atom. The number of fused-ring (bicyclic) bond motifs is 1. The van der Waals surface area contributed by atoms with Crippen molar-refractivity contribution in [2.24, 2.45) is 0 Å². The van der Waals surface area contributed by atoms with Crippen LogP contribution in [-0.2, 0) is 6.54 Å². The first-order valence-corrected chi connectivity index (χ1v) is 6.41. The number of para-hydroxylation sites is 2. The third-order valence-corrected chi connectivity index (χ3v) is 2.97. The van der Waals surface area contributed by atoms with Gasteiger partial charge in [0.25, 0.3) is 0 Å². The third kappa shape index (κ3) is 3.03. The van der Waals surface area contributed by atoms with Gasteiger partial charge >= 0.3 is 0 Å². The number of pyridine rings is 1. The van der Waals surface area contributed by atoms with Crippen LogP contribution in [-0.4, -0.2) is 24.2 Å². The summed E-state index contributed by atoms with van der Waals surface area (Å²) in [5, 5.41) is 3.33. The molecule has 2 aromatic rings. The first-order chi connectivity index (χ1) is 9.42. The number of nitrogens with zero attached hydrogens (tertiary/aromatic N) is 1. The molecule has 4 heteroatoms. The lowest BCUT2D eigenvalue weighted by Crippen LogP contribution is -2.38. The number of aromatic nitrogens is 1. The van der Waals surface area contributed by atoms with E-state index in [4.69, 9.17) is 9.47 Å². The van der Waals surface area contributed by atoms with Crippen LogP contribution in [0.4, 0.5) is 0 Å². The maximum absolute atomic E-state index is 5.86. The van der Waals surface area contributed by atoms with Crippen molar-refractivity contribution in [2.75, 3.05) is 13.2 Å². The van der Waals surface area contributed by atoms with Crippen LogP contribution in [0.1, 0.15) is 5.69 Å². The molecule has 98 valence electrons. The van der Waals surface area contributed by atoms with E-state index in [0.717, 1.165) is 30.3 Å². The standard InChI is InChI=1S/C15H16N2O2/c1-2-7-15-14(6-1)18-11-13(19-15)10-16-9-12-5-3-4-8-17-12/h1-8,13,16H,9-11H2. The topological polar surface area (TPSA) is 43.4 Å². The van der Waals surface area contributed by atoms with Crippen molar-refractivity contribution in [3.8, 4) is 11.5 Å². The SMILES string of the molecule is c1ccc(CNCC2COc3ccccc3O2)nc1. The molecule has 0 saturated heterocycles. The zero-order chi connectivity index (χ0) is 12.9. The van der Waals surface area contributed by atoms with E-state index in [1.807, 2.05) is 42.5 Å². The smallest absolute Gasteiger partial charge is 0.161 e. The molecule has 0 spiro atoms. The molecule has 0 fully saturated rings. The molecule has 3 rings (SSSR count). The van der Waals surface area contributed by atoms with E-state index in [1.165, 1.54) is 0 Å². The lowest BCUT2D eigenvalue weighted by atomic mass is 10.2. The highest BCUT2D eigenvalue weighted by Crippen LogP contribution is 2.30. The fourth-order valence-corrected chi connectivity index (χ4v) is 2.03. The summed E-state index contributed by atoms with van der Waals surface area (Å²) < 4.78 is 11.5. The molecule has 0 amide bonds. The molecule has 0 aliphatic carbocycles. The molecule has 0 saturated carbocycles. The number of benzene rings is 1. The Labute approximate surface area is 112 Å². The highest BCUT2D eigenvalue weighted by Gasteiger charge is 2.19. The van der Waals surface area contributed by atoms with Gasteiger partial charge < -0.3 is 14.8 Å². The van der Waals surface area contributed by atoms with Crippen LogP contribution in [0.15, 0.2) is 48.7 Å². The van der Waals surface area contributed by atoms with Crippen molar-refractivity contribution in [1.29, 1.82) is 0 Å². The Hall–Kier alpha value is -2.07. The monoisotopic (exact) mass is 256 g/mol. The summed E-state index contributed by atoms with van der Waals surface area (Å²) in [6, 6.07) is 13.7. The maximum Gasteiger partial charge on any atom is 0.161 e. The zero-order valence-corrected chi connectivity index (χ0v) is 10.6. The van der Waals surface area contributed by atoms with Crippen molar-refractivity contribution in [1.82, 2.24) is 10.3 Å².